The van der Waals surface area contributed by atoms with Crippen molar-refractivity contribution < 1.29 is 24.1 Å². The van der Waals surface area contributed by atoms with Crippen molar-refractivity contribution >= 4 is 0 Å². The highest BCUT2D eigenvalue weighted by Gasteiger charge is 2.45. The number of methoxy groups -OCH3 is 2. The molecule has 1 fully saturated rings. The molecule has 5 heteroatoms. The van der Waals surface area contributed by atoms with Crippen LogP contribution in [0, 0.1) is 5.41 Å². The van der Waals surface area contributed by atoms with Gasteiger partial charge in [0.1, 0.15) is 5.75 Å². The van der Waals surface area contributed by atoms with Gasteiger partial charge in [0.25, 0.3) is 0 Å². The van der Waals surface area contributed by atoms with Gasteiger partial charge in [0.15, 0.2) is 6.29 Å². The van der Waals surface area contributed by atoms with Gasteiger partial charge in [-0.1, -0.05) is 26.0 Å². The van der Waals surface area contributed by atoms with Gasteiger partial charge in [-0.25, -0.2) is 0 Å². The maximum Gasteiger partial charge on any atom is 0.165 e. The van der Waals surface area contributed by atoms with E-state index in [1.165, 1.54) is 0 Å². The Kier molecular flexibility index (Phi) is 6.41. The monoisotopic (exact) mass is 324 g/mol. The minimum absolute atomic E-state index is 0.000137. The molecule has 0 amide bonds. The molecule has 1 aliphatic heterocycles. The number of aliphatic hydroxyl groups is 1. The second-order valence-electron chi connectivity index (χ2n) is 6.54. The molecule has 0 aromatic heterocycles. The van der Waals surface area contributed by atoms with Gasteiger partial charge in [-0.2, -0.15) is 0 Å². The molecule has 1 aromatic carbocycles. The summed E-state index contributed by atoms with van der Waals surface area (Å²) in [4.78, 5) is 0. The van der Waals surface area contributed by atoms with Gasteiger partial charge >= 0.3 is 0 Å². The Morgan fingerprint density at radius 2 is 1.91 bits per heavy atom. The lowest BCUT2D eigenvalue weighted by atomic mass is 9.79. The Bertz CT molecular complexity index is 471. The maximum absolute atomic E-state index is 9.18. The van der Waals surface area contributed by atoms with E-state index >= 15 is 0 Å². The summed E-state index contributed by atoms with van der Waals surface area (Å²) in [5.74, 6) is 0.836. The Morgan fingerprint density at radius 1 is 1.22 bits per heavy atom. The van der Waals surface area contributed by atoms with Crippen LogP contribution in [0.2, 0.25) is 0 Å². The third kappa shape index (κ3) is 4.44. The maximum atomic E-state index is 9.18. The fourth-order valence-corrected chi connectivity index (χ4v) is 2.99. The molecule has 3 atom stereocenters. The van der Waals surface area contributed by atoms with Gasteiger partial charge in [-0.15, -0.1) is 0 Å². The molecule has 0 saturated carbocycles. The SMILES string of the molecule is COc1ccc(CO[C@H]2C[C@@H](CCO)O[C@H](OC)C2(C)C)cc1. The van der Waals surface area contributed by atoms with Crippen LogP contribution >= 0.6 is 0 Å². The average molecular weight is 324 g/mol. The molecule has 0 aliphatic carbocycles. The molecule has 0 bridgehead atoms. The topological polar surface area (TPSA) is 57.2 Å². The zero-order chi connectivity index (χ0) is 16.9. The summed E-state index contributed by atoms with van der Waals surface area (Å²) in [6.07, 6.45) is 0.967. The van der Waals surface area contributed by atoms with E-state index in [1.807, 2.05) is 24.3 Å². The quantitative estimate of drug-likeness (QED) is 0.836. The summed E-state index contributed by atoms with van der Waals surface area (Å²) in [6.45, 7) is 4.82. The van der Waals surface area contributed by atoms with Crippen LogP contribution < -0.4 is 4.74 Å². The van der Waals surface area contributed by atoms with E-state index in [0.29, 0.717) is 13.0 Å². The first kappa shape index (κ1) is 18.2. The van der Waals surface area contributed by atoms with Gasteiger partial charge < -0.3 is 24.1 Å². The zero-order valence-electron chi connectivity index (χ0n) is 14.5. The van der Waals surface area contributed by atoms with Gasteiger partial charge in [0, 0.05) is 25.6 Å². The molecule has 1 N–H and O–H groups in total. The molecular formula is C18H28O5. The molecule has 0 spiro atoms. The Balaban J connectivity index is 2.01. The van der Waals surface area contributed by atoms with E-state index in [9.17, 15) is 5.11 Å². The van der Waals surface area contributed by atoms with Crippen LogP contribution in [0.5, 0.6) is 5.75 Å². The third-order valence-electron chi connectivity index (χ3n) is 4.51. The van der Waals surface area contributed by atoms with Crippen molar-refractivity contribution in [2.24, 2.45) is 5.41 Å². The Morgan fingerprint density at radius 3 is 2.48 bits per heavy atom. The number of benzene rings is 1. The van der Waals surface area contributed by atoms with Crippen molar-refractivity contribution in [2.75, 3.05) is 20.8 Å². The highest BCUT2D eigenvalue weighted by atomic mass is 16.7. The van der Waals surface area contributed by atoms with E-state index < -0.39 is 0 Å². The Labute approximate surface area is 138 Å². The molecule has 5 nitrogen and oxygen atoms in total. The smallest absolute Gasteiger partial charge is 0.165 e. The first-order valence-electron chi connectivity index (χ1n) is 8.05. The number of hydrogen-bond donors (Lipinski definition) is 1. The third-order valence-corrected chi connectivity index (χ3v) is 4.51. The lowest BCUT2D eigenvalue weighted by molar-refractivity contribution is -0.279. The van der Waals surface area contributed by atoms with E-state index in [1.54, 1.807) is 14.2 Å². The van der Waals surface area contributed by atoms with Gasteiger partial charge in [-0.3, -0.25) is 0 Å². The summed E-state index contributed by atoms with van der Waals surface area (Å²) >= 11 is 0. The number of hydrogen-bond acceptors (Lipinski definition) is 5. The molecule has 1 heterocycles. The molecular weight excluding hydrogens is 296 g/mol. The van der Waals surface area contributed by atoms with E-state index in [0.717, 1.165) is 17.7 Å². The molecule has 1 aromatic rings. The standard InChI is InChI=1S/C18H28O5/c1-18(2)16(11-15(9-10-19)23-17(18)21-4)22-12-13-5-7-14(20-3)8-6-13/h5-8,15-17,19H,9-12H2,1-4H3/t15-,16+,17+/m1/s1. The highest BCUT2D eigenvalue weighted by molar-refractivity contribution is 5.26. The number of aliphatic hydroxyl groups excluding tert-OH is 1. The van der Waals surface area contributed by atoms with E-state index in [2.05, 4.69) is 13.8 Å². The van der Waals surface area contributed by atoms with Crippen LogP contribution in [0.4, 0.5) is 0 Å². The fourth-order valence-electron chi connectivity index (χ4n) is 2.99. The highest BCUT2D eigenvalue weighted by Crippen LogP contribution is 2.39. The molecule has 1 aliphatic rings. The van der Waals surface area contributed by atoms with Gasteiger partial charge in [-0.05, 0) is 24.1 Å². The molecule has 0 unspecified atom stereocenters. The predicted octanol–water partition coefficient (Wildman–Crippen LogP) is 2.75. The minimum atomic E-state index is -0.339. The normalized spacial score (nSPS) is 26.9. The largest absolute Gasteiger partial charge is 0.497 e. The van der Waals surface area contributed by atoms with Crippen LogP contribution in [0.25, 0.3) is 0 Å². The number of rotatable bonds is 7. The summed E-state index contributed by atoms with van der Waals surface area (Å²) in [5, 5.41) is 9.18. The van der Waals surface area contributed by atoms with Crippen molar-refractivity contribution in [3.63, 3.8) is 0 Å². The molecule has 1 saturated heterocycles. The second kappa shape index (κ2) is 8.11. The molecule has 2 rings (SSSR count). The van der Waals surface area contributed by atoms with Crippen molar-refractivity contribution in [1.29, 1.82) is 0 Å². The van der Waals surface area contributed by atoms with Gasteiger partial charge in [0.2, 0.25) is 0 Å². The van der Waals surface area contributed by atoms with Crippen LogP contribution in [-0.4, -0.2) is 44.4 Å². The molecule has 130 valence electrons. The van der Waals surface area contributed by atoms with Crippen molar-refractivity contribution in [2.45, 2.75) is 51.8 Å². The summed E-state index contributed by atoms with van der Waals surface area (Å²) in [5.41, 5.74) is 0.841. The number of ether oxygens (including phenoxy) is 4. The molecule has 23 heavy (non-hydrogen) atoms. The Hall–Kier alpha value is -1.14. The van der Waals surface area contributed by atoms with E-state index in [4.69, 9.17) is 18.9 Å². The van der Waals surface area contributed by atoms with Gasteiger partial charge in [0.05, 0.1) is 25.9 Å². The average Bonchev–Trinajstić information content (AvgIpc) is 2.55. The summed E-state index contributed by atoms with van der Waals surface area (Å²) in [7, 11) is 3.30. The zero-order valence-corrected chi connectivity index (χ0v) is 14.5. The first-order valence-corrected chi connectivity index (χ1v) is 8.05. The van der Waals surface area contributed by atoms with Crippen LogP contribution in [-0.2, 0) is 20.8 Å². The summed E-state index contributed by atoms with van der Waals surface area (Å²) in [6, 6.07) is 7.87. The summed E-state index contributed by atoms with van der Waals surface area (Å²) < 4.78 is 22.8. The van der Waals surface area contributed by atoms with Crippen molar-refractivity contribution in [3.8, 4) is 5.75 Å². The van der Waals surface area contributed by atoms with Crippen LogP contribution in [0.15, 0.2) is 24.3 Å². The molecule has 0 radical (unpaired) electrons. The minimum Gasteiger partial charge on any atom is -0.497 e. The fraction of sp³-hybridized carbons (Fsp3) is 0.667. The van der Waals surface area contributed by atoms with Crippen molar-refractivity contribution in [3.05, 3.63) is 29.8 Å². The van der Waals surface area contributed by atoms with Crippen LogP contribution in [0.1, 0.15) is 32.3 Å². The van der Waals surface area contributed by atoms with E-state index in [-0.39, 0.29) is 30.5 Å². The van der Waals surface area contributed by atoms with Crippen molar-refractivity contribution in [1.82, 2.24) is 0 Å². The second-order valence-corrected chi connectivity index (χ2v) is 6.54. The predicted molar refractivity (Wildman–Crippen MR) is 87.3 cm³/mol. The lowest BCUT2D eigenvalue weighted by Gasteiger charge is -2.46. The first-order chi connectivity index (χ1) is 11.0. The van der Waals surface area contributed by atoms with Crippen LogP contribution in [0.3, 0.4) is 0 Å². The lowest BCUT2D eigenvalue weighted by Crippen LogP contribution is -2.52.